The number of carbonyl (C=O) groups excluding carboxylic acids is 1. The number of aryl methyl sites for hydroxylation is 1. The first kappa shape index (κ1) is 15.8. The topological polar surface area (TPSA) is 87.1 Å². The Kier molecular flexibility index (Phi) is 4.84. The summed E-state index contributed by atoms with van der Waals surface area (Å²) in [5, 5.41) is 18.6. The predicted molar refractivity (Wildman–Crippen MR) is 78.1 cm³/mol. The van der Waals surface area contributed by atoms with Crippen molar-refractivity contribution < 1.29 is 24.5 Å². The van der Waals surface area contributed by atoms with Gasteiger partial charge in [0.15, 0.2) is 6.61 Å². The van der Waals surface area contributed by atoms with Crippen LogP contribution in [0.4, 0.5) is 0 Å². The van der Waals surface area contributed by atoms with Crippen LogP contribution in [0.5, 0.6) is 5.75 Å². The first-order valence-corrected chi connectivity index (χ1v) is 7.27. The van der Waals surface area contributed by atoms with E-state index in [0.29, 0.717) is 5.75 Å². The average molecular weight is 358 g/mol. The molecule has 1 aromatic carbocycles. The van der Waals surface area contributed by atoms with Gasteiger partial charge in [0.05, 0.1) is 10.6 Å². The Balaban J connectivity index is 1.99. The van der Waals surface area contributed by atoms with Crippen LogP contribution in [0.25, 0.3) is 0 Å². The van der Waals surface area contributed by atoms with Crippen molar-refractivity contribution in [2.75, 3.05) is 13.2 Å². The third kappa shape index (κ3) is 3.74. The van der Waals surface area contributed by atoms with Crippen molar-refractivity contribution in [1.82, 2.24) is 4.90 Å². The normalized spacial score (nSPS) is 21.4. The number of benzene rings is 1. The van der Waals surface area contributed by atoms with Gasteiger partial charge in [-0.15, -0.1) is 0 Å². The lowest BCUT2D eigenvalue weighted by molar-refractivity contribution is -0.149. The summed E-state index contributed by atoms with van der Waals surface area (Å²) < 4.78 is 6.14. The summed E-state index contributed by atoms with van der Waals surface area (Å²) in [6, 6.07) is 4.46. The zero-order chi connectivity index (χ0) is 15.6. The van der Waals surface area contributed by atoms with Gasteiger partial charge < -0.3 is 19.8 Å². The summed E-state index contributed by atoms with van der Waals surface area (Å²) in [7, 11) is 0. The van der Waals surface area contributed by atoms with E-state index in [1.54, 1.807) is 6.07 Å². The first-order valence-electron chi connectivity index (χ1n) is 6.47. The molecule has 1 unspecified atom stereocenters. The molecule has 1 fully saturated rings. The van der Waals surface area contributed by atoms with Gasteiger partial charge in [0.25, 0.3) is 5.91 Å². The van der Waals surface area contributed by atoms with Gasteiger partial charge in [0.1, 0.15) is 11.8 Å². The highest BCUT2D eigenvalue weighted by Crippen LogP contribution is 2.26. The molecule has 1 aliphatic heterocycles. The number of carbonyl (C=O) groups is 2. The van der Waals surface area contributed by atoms with Crippen LogP contribution in [0.3, 0.4) is 0 Å². The number of ether oxygens (including phenoxy) is 1. The molecule has 6 nitrogen and oxygen atoms in total. The Morgan fingerprint density at radius 3 is 2.81 bits per heavy atom. The minimum Gasteiger partial charge on any atom is -0.483 e. The Morgan fingerprint density at radius 2 is 2.19 bits per heavy atom. The second-order valence-electron chi connectivity index (χ2n) is 5.01. The number of amides is 1. The molecule has 1 aromatic rings. The lowest BCUT2D eigenvalue weighted by atomic mass is 10.2. The second kappa shape index (κ2) is 6.44. The second-order valence-corrected chi connectivity index (χ2v) is 5.87. The number of nitrogens with zero attached hydrogens (tertiary/aromatic N) is 1. The molecule has 114 valence electrons. The maximum atomic E-state index is 12.1. The van der Waals surface area contributed by atoms with Gasteiger partial charge in [-0.05, 0) is 40.5 Å². The van der Waals surface area contributed by atoms with Crippen molar-refractivity contribution in [2.45, 2.75) is 25.5 Å². The van der Waals surface area contributed by atoms with Crippen LogP contribution in [-0.4, -0.2) is 52.3 Å². The standard InChI is InChI=1S/C14H16BrNO5/c1-8-2-3-12(10(15)4-8)21-7-13(18)16-6-9(17)5-11(16)14(19)20/h2-4,9,11,17H,5-7H2,1H3,(H,19,20)/t9?,11-/m0/s1. The van der Waals surface area contributed by atoms with Crippen LogP contribution in [0.2, 0.25) is 0 Å². The molecule has 2 N–H and O–H groups in total. The van der Waals surface area contributed by atoms with Crippen LogP contribution in [0.1, 0.15) is 12.0 Å². The van der Waals surface area contributed by atoms with Crippen molar-refractivity contribution >= 4 is 27.8 Å². The first-order chi connectivity index (χ1) is 9.88. The molecule has 0 aromatic heterocycles. The molecule has 0 bridgehead atoms. The van der Waals surface area contributed by atoms with Crippen molar-refractivity contribution in [2.24, 2.45) is 0 Å². The molecule has 1 saturated heterocycles. The smallest absolute Gasteiger partial charge is 0.326 e. The Labute approximate surface area is 130 Å². The maximum Gasteiger partial charge on any atom is 0.326 e. The molecule has 1 heterocycles. The fraction of sp³-hybridized carbons (Fsp3) is 0.429. The summed E-state index contributed by atoms with van der Waals surface area (Å²) in [4.78, 5) is 24.3. The molecule has 2 atom stereocenters. The van der Waals surface area contributed by atoms with Crippen LogP contribution in [-0.2, 0) is 9.59 Å². The van der Waals surface area contributed by atoms with Gasteiger partial charge in [-0.25, -0.2) is 4.79 Å². The fourth-order valence-electron chi connectivity index (χ4n) is 2.27. The van der Waals surface area contributed by atoms with Crippen LogP contribution in [0, 0.1) is 6.92 Å². The molecule has 7 heteroatoms. The number of halogens is 1. The van der Waals surface area contributed by atoms with E-state index < -0.39 is 24.0 Å². The zero-order valence-electron chi connectivity index (χ0n) is 11.5. The monoisotopic (exact) mass is 357 g/mol. The number of hydrogen-bond acceptors (Lipinski definition) is 4. The SMILES string of the molecule is Cc1ccc(OCC(=O)N2CC(O)C[C@H]2C(=O)O)c(Br)c1. The number of aliphatic carboxylic acids is 1. The molecule has 0 radical (unpaired) electrons. The minimum absolute atomic E-state index is 0.0221. The number of hydrogen-bond donors (Lipinski definition) is 2. The number of carboxylic acid groups (broad SMARTS) is 1. The lowest BCUT2D eigenvalue weighted by Crippen LogP contribution is -2.42. The van der Waals surface area contributed by atoms with Crippen molar-refractivity contribution in [3.05, 3.63) is 28.2 Å². The minimum atomic E-state index is -1.11. The van der Waals surface area contributed by atoms with E-state index in [1.807, 2.05) is 19.1 Å². The van der Waals surface area contributed by atoms with Gasteiger partial charge >= 0.3 is 5.97 Å². The number of aliphatic hydroxyl groups is 1. The van der Waals surface area contributed by atoms with Crippen molar-refractivity contribution in [3.8, 4) is 5.75 Å². The Morgan fingerprint density at radius 1 is 1.48 bits per heavy atom. The third-order valence-corrected chi connectivity index (χ3v) is 3.94. The van der Waals surface area contributed by atoms with Gasteiger partial charge in [0.2, 0.25) is 0 Å². The predicted octanol–water partition coefficient (Wildman–Crippen LogP) is 1.18. The summed E-state index contributed by atoms with van der Waals surface area (Å²) >= 11 is 3.34. The maximum absolute atomic E-state index is 12.1. The van der Waals surface area contributed by atoms with E-state index in [2.05, 4.69) is 15.9 Å². The quantitative estimate of drug-likeness (QED) is 0.844. The zero-order valence-corrected chi connectivity index (χ0v) is 13.0. The molecular weight excluding hydrogens is 342 g/mol. The van der Waals surface area contributed by atoms with E-state index in [1.165, 1.54) is 0 Å². The van der Waals surface area contributed by atoms with E-state index in [0.717, 1.165) is 14.9 Å². The summed E-state index contributed by atoms with van der Waals surface area (Å²) in [5.74, 6) is -1.05. The lowest BCUT2D eigenvalue weighted by Gasteiger charge is -2.21. The van der Waals surface area contributed by atoms with Gasteiger partial charge in [-0.3, -0.25) is 4.79 Å². The summed E-state index contributed by atoms with van der Waals surface area (Å²) in [6.45, 7) is 1.69. The van der Waals surface area contributed by atoms with E-state index in [-0.39, 0.29) is 19.6 Å². The highest BCUT2D eigenvalue weighted by atomic mass is 79.9. The molecule has 1 amide bonds. The van der Waals surface area contributed by atoms with E-state index in [9.17, 15) is 14.7 Å². The average Bonchev–Trinajstić information content (AvgIpc) is 2.80. The number of carboxylic acids is 1. The number of rotatable bonds is 4. The molecule has 0 aliphatic carbocycles. The van der Waals surface area contributed by atoms with Crippen LogP contribution in [0.15, 0.2) is 22.7 Å². The molecule has 21 heavy (non-hydrogen) atoms. The van der Waals surface area contributed by atoms with E-state index in [4.69, 9.17) is 9.84 Å². The van der Waals surface area contributed by atoms with Crippen LogP contribution < -0.4 is 4.74 Å². The Bertz CT molecular complexity index is 562. The molecule has 2 rings (SSSR count). The molecule has 0 saturated carbocycles. The highest BCUT2D eigenvalue weighted by Gasteiger charge is 2.38. The van der Waals surface area contributed by atoms with Crippen LogP contribution >= 0.6 is 15.9 Å². The highest BCUT2D eigenvalue weighted by molar-refractivity contribution is 9.10. The number of β-amino-alcohol motifs (C(OH)–C–C–N with tert-alkyl or cyclic N) is 1. The van der Waals surface area contributed by atoms with Crippen molar-refractivity contribution in [1.29, 1.82) is 0 Å². The number of likely N-dealkylation sites (tertiary alicyclic amines) is 1. The number of aliphatic hydroxyl groups excluding tert-OH is 1. The summed E-state index contributed by atoms with van der Waals surface area (Å²) in [6.07, 6.45) is -0.754. The molecule has 1 aliphatic rings. The van der Waals surface area contributed by atoms with E-state index >= 15 is 0 Å². The van der Waals surface area contributed by atoms with Crippen molar-refractivity contribution in [3.63, 3.8) is 0 Å². The van der Waals surface area contributed by atoms with Gasteiger partial charge in [-0.2, -0.15) is 0 Å². The largest absolute Gasteiger partial charge is 0.483 e. The van der Waals surface area contributed by atoms with Gasteiger partial charge in [0, 0.05) is 13.0 Å². The van der Waals surface area contributed by atoms with Gasteiger partial charge in [-0.1, -0.05) is 6.07 Å². The summed E-state index contributed by atoms with van der Waals surface area (Å²) in [5.41, 5.74) is 1.05. The molecule has 0 spiro atoms. The Hall–Kier alpha value is -1.60. The fourth-order valence-corrected chi connectivity index (χ4v) is 2.88. The third-order valence-electron chi connectivity index (χ3n) is 3.32. The molecular formula is C14H16BrNO5.